The average molecular weight is 418 g/mol. The van der Waals surface area contributed by atoms with Gasteiger partial charge in [-0.1, -0.05) is 78.1 Å². The molecule has 0 aromatic heterocycles. The summed E-state index contributed by atoms with van der Waals surface area (Å²) >= 11 is 0. The summed E-state index contributed by atoms with van der Waals surface area (Å²) in [5, 5.41) is 0. The Morgan fingerprint density at radius 2 is 1.46 bits per heavy atom. The van der Waals surface area contributed by atoms with Crippen LogP contribution in [0.1, 0.15) is 90.9 Å². The quantitative estimate of drug-likeness (QED) is 0.212. The molecule has 0 amide bonds. The van der Waals surface area contributed by atoms with Gasteiger partial charge in [0.25, 0.3) is 0 Å². The van der Waals surface area contributed by atoms with E-state index in [0.717, 1.165) is 44.9 Å². The molecular weight excluding hydrogens is 373 g/mol. The number of guanidine groups is 1. The fourth-order valence-electron chi connectivity index (χ4n) is 3.41. The van der Waals surface area contributed by atoms with Gasteiger partial charge in [-0.15, -0.1) is 4.76 Å². The number of nitrogens with zero attached hydrogens (tertiary/aromatic N) is 3. The first-order valence-electron chi connectivity index (χ1n) is 11.4. The molecule has 1 atom stereocenters. The van der Waals surface area contributed by atoms with Gasteiger partial charge in [0.2, 0.25) is 5.96 Å². The van der Waals surface area contributed by atoms with Crippen LogP contribution in [0.5, 0.6) is 0 Å². The number of likely N-dealkylation sites (N-methyl/N-ethyl adjacent to an activating group) is 1. The molecule has 1 aliphatic rings. The van der Waals surface area contributed by atoms with Crippen LogP contribution in [0.2, 0.25) is 0 Å². The molecule has 0 aromatic rings. The lowest BCUT2D eigenvalue weighted by Gasteiger charge is -2.22. The molecule has 1 rings (SSSR count). The van der Waals surface area contributed by atoms with E-state index in [2.05, 4.69) is 23.5 Å². The second-order valence-corrected chi connectivity index (χ2v) is 9.59. The van der Waals surface area contributed by atoms with Gasteiger partial charge >= 0.3 is 7.75 Å². The van der Waals surface area contributed by atoms with Crippen molar-refractivity contribution < 1.29 is 13.6 Å². The second-order valence-electron chi connectivity index (χ2n) is 7.83. The minimum Gasteiger partial charge on any atom is -0.344 e. The molecule has 166 valence electrons. The van der Waals surface area contributed by atoms with Crippen molar-refractivity contribution in [3.63, 3.8) is 0 Å². The summed E-state index contributed by atoms with van der Waals surface area (Å²) in [5.74, 6) is 0.748. The molecule has 0 saturated carbocycles. The van der Waals surface area contributed by atoms with Gasteiger partial charge in [0.1, 0.15) is 0 Å². The zero-order valence-electron chi connectivity index (χ0n) is 18.8. The summed E-state index contributed by atoms with van der Waals surface area (Å²) < 4.78 is 27.8. The number of rotatable bonds is 17. The van der Waals surface area contributed by atoms with E-state index in [0.29, 0.717) is 6.61 Å². The van der Waals surface area contributed by atoms with Crippen molar-refractivity contribution in [2.24, 2.45) is 4.76 Å². The lowest BCUT2D eigenvalue weighted by atomic mass is 10.1. The molecule has 0 spiro atoms. The van der Waals surface area contributed by atoms with Crippen molar-refractivity contribution in [2.75, 3.05) is 40.4 Å². The minimum absolute atomic E-state index is 0.417. The summed E-state index contributed by atoms with van der Waals surface area (Å²) in [6.45, 7) is 7.54. The van der Waals surface area contributed by atoms with E-state index in [-0.39, 0.29) is 0 Å². The van der Waals surface area contributed by atoms with E-state index < -0.39 is 7.75 Å². The molecule has 0 aromatic carbocycles. The molecule has 28 heavy (non-hydrogen) atoms. The molecule has 0 aliphatic carbocycles. The molecule has 1 heterocycles. The second kappa shape index (κ2) is 15.3. The van der Waals surface area contributed by atoms with Crippen LogP contribution in [0.15, 0.2) is 4.76 Å². The highest BCUT2D eigenvalue weighted by molar-refractivity contribution is 7.52. The molecule has 7 heteroatoms. The van der Waals surface area contributed by atoms with Crippen LogP contribution in [0, 0.1) is 0 Å². The van der Waals surface area contributed by atoms with E-state index >= 15 is 0 Å². The Morgan fingerprint density at radius 3 is 2.04 bits per heavy atom. The average Bonchev–Trinajstić information content (AvgIpc) is 3.03. The molecule has 0 bridgehead atoms. The summed E-state index contributed by atoms with van der Waals surface area (Å²) in [7, 11) is -0.0105. The van der Waals surface area contributed by atoms with Gasteiger partial charge in [-0.25, -0.2) is 4.57 Å². The molecule has 1 aliphatic heterocycles. The van der Waals surface area contributed by atoms with Crippen LogP contribution in [0.4, 0.5) is 0 Å². The Labute approximate surface area is 173 Å². The molecule has 0 radical (unpaired) electrons. The monoisotopic (exact) mass is 417 g/mol. The number of unbranched alkanes of at least 4 members (excludes halogenated alkanes) is 10. The fraction of sp³-hybridized carbons (Fsp3) is 0.952. The Morgan fingerprint density at radius 1 is 0.893 bits per heavy atom. The Hall–Kier alpha value is -0.580. The highest BCUT2D eigenvalue weighted by Crippen LogP contribution is 2.49. The van der Waals surface area contributed by atoms with Gasteiger partial charge in [-0.05, 0) is 12.8 Å². The summed E-state index contributed by atoms with van der Waals surface area (Å²) in [6, 6.07) is 0. The van der Waals surface area contributed by atoms with Crippen molar-refractivity contribution in [3.8, 4) is 0 Å². The van der Waals surface area contributed by atoms with Gasteiger partial charge < -0.3 is 9.80 Å². The molecular formula is C21H44N3O3P. The molecule has 0 N–H and O–H groups in total. The summed E-state index contributed by atoms with van der Waals surface area (Å²) in [6.07, 6.45) is 15.2. The first-order valence-corrected chi connectivity index (χ1v) is 12.9. The predicted octanol–water partition coefficient (Wildman–Crippen LogP) is 6.08. The maximum atomic E-state index is 12.8. The van der Waals surface area contributed by atoms with E-state index in [1.807, 2.05) is 11.9 Å². The third kappa shape index (κ3) is 10.3. The lowest BCUT2D eigenvalue weighted by molar-refractivity contribution is 0.230. The third-order valence-electron chi connectivity index (χ3n) is 5.31. The van der Waals surface area contributed by atoms with Crippen molar-refractivity contribution >= 4 is 13.7 Å². The molecule has 1 fully saturated rings. The first kappa shape index (κ1) is 25.5. The van der Waals surface area contributed by atoms with E-state index in [1.54, 1.807) is 0 Å². The largest absolute Gasteiger partial charge is 0.456 e. The van der Waals surface area contributed by atoms with Crippen LogP contribution in [-0.4, -0.2) is 56.2 Å². The SMILES string of the molecule is CCCCCCCCCCCCN1CCN(C)/C1=N/P(=O)(OC)OCCCC. The maximum Gasteiger partial charge on any atom is 0.456 e. The Bertz CT molecular complexity index is 474. The lowest BCUT2D eigenvalue weighted by Crippen LogP contribution is -2.32. The van der Waals surface area contributed by atoms with Gasteiger partial charge in [0, 0.05) is 33.8 Å². The zero-order chi connectivity index (χ0) is 20.7. The van der Waals surface area contributed by atoms with Crippen molar-refractivity contribution in [3.05, 3.63) is 0 Å². The zero-order valence-corrected chi connectivity index (χ0v) is 19.7. The Balaban J connectivity index is 2.33. The van der Waals surface area contributed by atoms with Crippen LogP contribution < -0.4 is 0 Å². The third-order valence-corrected chi connectivity index (χ3v) is 6.70. The van der Waals surface area contributed by atoms with Crippen LogP contribution in [-0.2, 0) is 13.6 Å². The highest BCUT2D eigenvalue weighted by Gasteiger charge is 2.30. The van der Waals surface area contributed by atoms with Crippen LogP contribution >= 0.6 is 7.75 Å². The van der Waals surface area contributed by atoms with Crippen LogP contribution in [0.25, 0.3) is 0 Å². The predicted molar refractivity (Wildman–Crippen MR) is 119 cm³/mol. The van der Waals surface area contributed by atoms with Gasteiger partial charge in [0.15, 0.2) is 0 Å². The van der Waals surface area contributed by atoms with Crippen molar-refractivity contribution in [1.82, 2.24) is 9.80 Å². The van der Waals surface area contributed by atoms with E-state index in [9.17, 15) is 4.57 Å². The van der Waals surface area contributed by atoms with Gasteiger partial charge in [-0.3, -0.25) is 9.05 Å². The van der Waals surface area contributed by atoms with E-state index in [1.165, 1.54) is 64.9 Å². The smallest absolute Gasteiger partial charge is 0.344 e. The number of hydrogen-bond donors (Lipinski definition) is 0. The summed E-state index contributed by atoms with van der Waals surface area (Å²) in [4.78, 5) is 4.27. The Kier molecular flexibility index (Phi) is 13.9. The topological polar surface area (TPSA) is 54.4 Å². The highest BCUT2D eigenvalue weighted by atomic mass is 31.2. The van der Waals surface area contributed by atoms with Crippen LogP contribution in [0.3, 0.4) is 0 Å². The van der Waals surface area contributed by atoms with Gasteiger partial charge in [-0.2, -0.15) is 0 Å². The van der Waals surface area contributed by atoms with Crippen molar-refractivity contribution in [1.29, 1.82) is 0 Å². The first-order chi connectivity index (χ1) is 13.6. The summed E-state index contributed by atoms with van der Waals surface area (Å²) in [5.41, 5.74) is 0. The fourth-order valence-corrected chi connectivity index (χ4v) is 4.51. The van der Waals surface area contributed by atoms with Crippen molar-refractivity contribution in [2.45, 2.75) is 90.9 Å². The molecule has 6 nitrogen and oxygen atoms in total. The molecule has 1 unspecified atom stereocenters. The van der Waals surface area contributed by atoms with E-state index in [4.69, 9.17) is 9.05 Å². The normalized spacial score (nSPS) is 18.2. The standard InChI is InChI=1S/C21H44N3O3P/c1-5-7-9-10-11-12-13-14-15-16-17-24-19-18-23(3)21(24)22-28(25,26-4)27-20-8-6-2/h5-20H2,1-4H3/b22-21-. The number of hydrogen-bond acceptors (Lipinski definition) is 3. The maximum absolute atomic E-state index is 12.8. The van der Waals surface area contributed by atoms with Gasteiger partial charge in [0.05, 0.1) is 6.61 Å². The minimum atomic E-state index is -3.42. The molecule has 1 saturated heterocycles.